The standard InChI is InChI=1S/C21H20ClN5O5S/c1-27-20(17-10-31-15-4-2-3-5-16(15)32-17)25-26-21(27)33-12-19(29)24-23-18(28)11-30-14-8-6-13(22)7-9-14/h2-9,17H,10-12H2,1H3,(H,23,28)(H,24,29)/t17-/m0/s1. The Morgan fingerprint density at radius 3 is 2.64 bits per heavy atom. The number of amides is 2. The van der Waals surface area contributed by atoms with E-state index < -0.39 is 17.9 Å². The normalized spacial score (nSPS) is 14.4. The van der Waals surface area contributed by atoms with E-state index in [2.05, 4.69) is 21.0 Å². The first-order valence-corrected chi connectivity index (χ1v) is 11.2. The Balaban J connectivity index is 1.22. The van der Waals surface area contributed by atoms with Crippen molar-refractivity contribution in [3.8, 4) is 17.2 Å². The number of ether oxygens (including phenoxy) is 3. The number of benzene rings is 2. The fourth-order valence-corrected chi connectivity index (χ4v) is 3.74. The molecule has 10 nitrogen and oxygen atoms in total. The maximum Gasteiger partial charge on any atom is 0.276 e. The summed E-state index contributed by atoms with van der Waals surface area (Å²) in [7, 11) is 1.79. The SMILES string of the molecule is Cn1c(SCC(=O)NNC(=O)COc2ccc(Cl)cc2)nnc1[C@@H]1COc2ccccc2O1. The van der Waals surface area contributed by atoms with Gasteiger partial charge in [-0.05, 0) is 36.4 Å². The maximum atomic E-state index is 12.1. The van der Waals surface area contributed by atoms with Crippen molar-refractivity contribution in [1.82, 2.24) is 25.6 Å². The number of para-hydroxylation sites is 2. The van der Waals surface area contributed by atoms with E-state index in [1.54, 1.807) is 35.9 Å². The first-order chi connectivity index (χ1) is 16.0. The van der Waals surface area contributed by atoms with Crippen LogP contribution in [0.15, 0.2) is 53.7 Å². The van der Waals surface area contributed by atoms with Gasteiger partial charge in [0, 0.05) is 12.1 Å². The van der Waals surface area contributed by atoms with Gasteiger partial charge < -0.3 is 18.8 Å². The van der Waals surface area contributed by atoms with Crippen molar-refractivity contribution in [2.45, 2.75) is 11.3 Å². The minimum absolute atomic E-state index is 0.0230. The van der Waals surface area contributed by atoms with Crippen LogP contribution in [0.2, 0.25) is 5.02 Å². The van der Waals surface area contributed by atoms with Crippen molar-refractivity contribution in [3.05, 3.63) is 59.4 Å². The molecule has 0 fully saturated rings. The van der Waals surface area contributed by atoms with Crippen LogP contribution in [0.3, 0.4) is 0 Å². The number of nitrogens with one attached hydrogen (secondary N) is 2. The number of carbonyl (C=O) groups is 2. The van der Waals surface area contributed by atoms with Crippen molar-refractivity contribution in [2.24, 2.45) is 7.05 Å². The van der Waals surface area contributed by atoms with Gasteiger partial charge in [-0.1, -0.05) is 35.5 Å². The molecule has 0 aliphatic carbocycles. The van der Waals surface area contributed by atoms with Gasteiger partial charge in [0.1, 0.15) is 12.4 Å². The molecule has 0 bridgehead atoms. The Morgan fingerprint density at radius 2 is 1.85 bits per heavy atom. The lowest BCUT2D eigenvalue weighted by Crippen LogP contribution is -2.44. The summed E-state index contributed by atoms with van der Waals surface area (Å²) in [6, 6.07) is 14.0. The van der Waals surface area contributed by atoms with Gasteiger partial charge in [0.05, 0.1) is 5.75 Å². The third-order valence-corrected chi connectivity index (χ3v) is 5.79. The minimum Gasteiger partial charge on any atom is -0.485 e. The molecule has 1 aliphatic rings. The van der Waals surface area contributed by atoms with Crippen LogP contribution in [0.4, 0.5) is 0 Å². The predicted octanol–water partition coefficient (Wildman–Crippen LogP) is 2.30. The highest BCUT2D eigenvalue weighted by molar-refractivity contribution is 7.99. The fraction of sp³-hybridized carbons (Fsp3) is 0.238. The first kappa shape index (κ1) is 22.7. The first-order valence-electron chi connectivity index (χ1n) is 9.86. The van der Waals surface area contributed by atoms with Crippen LogP contribution in [0, 0.1) is 0 Å². The Hall–Kier alpha value is -3.44. The van der Waals surface area contributed by atoms with Gasteiger partial charge >= 0.3 is 0 Å². The molecule has 0 saturated carbocycles. The van der Waals surface area contributed by atoms with Crippen LogP contribution in [0.1, 0.15) is 11.9 Å². The smallest absolute Gasteiger partial charge is 0.276 e. The molecule has 2 N–H and O–H groups in total. The van der Waals surface area contributed by atoms with Crippen molar-refractivity contribution >= 4 is 35.2 Å². The Bertz CT molecular complexity index is 1140. The molecule has 2 aromatic carbocycles. The summed E-state index contributed by atoms with van der Waals surface area (Å²) in [6.07, 6.45) is -0.416. The fourth-order valence-electron chi connectivity index (χ4n) is 2.90. The van der Waals surface area contributed by atoms with Crippen molar-refractivity contribution in [3.63, 3.8) is 0 Å². The van der Waals surface area contributed by atoms with Crippen molar-refractivity contribution < 1.29 is 23.8 Å². The molecule has 172 valence electrons. The molecule has 4 rings (SSSR count). The molecule has 12 heteroatoms. The average Bonchev–Trinajstić information content (AvgIpc) is 3.20. The second-order valence-electron chi connectivity index (χ2n) is 6.89. The molecule has 0 unspecified atom stereocenters. The highest BCUT2D eigenvalue weighted by Crippen LogP contribution is 2.35. The molecule has 0 radical (unpaired) electrons. The lowest BCUT2D eigenvalue weighted by molar-refractivity contribution is -0.128. The lowest BCUT2D eigenvalue weighted by atomic mass is 10.2. The Kier molecular flexibility index (Phi) is 7.20. The van der Waals surface area contributed by atoms with Crippen LogP contribution in [-0.4, -0.2) is 45.5 Å². The van der Waals surface area contributed by atoms with Gasteiger partial charge in [0.15, 0.2) is 35.2 Å². The number of nitrogens with zero attached hydrogens (tertiary/aromatic N) is 3. The number of aromatic nitrogens is 3. The van der Waals surface area contributed by atoms with Gasteiger partial charge in [-0.25, -0.2) is 0 Å². The highest BCUT2D eigenvalue weighted by Gasteiger charge is 2.27. The summed E-state index contributed by atoms with van der Waals surface area (Å²) in [4.78, 5) is 23.9. The molecule has 1 atom stereocenters. The number of carbonyl (C=O) groups excluding carboxylic acids is 2. The van der Waals surface area contributed by atoms with Crippen LogP contribution >= 0.6 is 23.4 Å². The number of thioether (sulfide) groups is 1. The van der Waals surface area contributed by atoms with Crippen LogP contribution < -0.4 is 25.1 Å². The molecular formula is C21H20ClN5O5S. The Morgan fingerprint density at radius 1 is 1.12 bits per heavy atom. The second kappa shape index (κ2) is 10.5. The largest absolute Gasteiger partial charge is 0.485 e. The summed E-state index contributed by atoms with van der Waals surface area (Å²) in [5.74, 6) is 1.51. The van der Waals surface area contributed by atoms with Crippen LogP contribution in [0.5, 0.6) is 17.2 Å². The zero-order chi connectivity index (χ0) is 23.2. The molecule has 33 heavy (non-hydrogen) atoms. The zero-order valence-corrected chi connectivity index (χ0v) is 19.1. The number of halogens is 1. The average molecular weight is 490 g/mol. The zero-order valence-electron chi connectivity index (χ0n) is 17.5. The molecular weight excluding hydrogens is 470 g/mol. The second-order valence-corrected chi connectivity index (χ2v) is 8.27. The molecule has 3 aromatic rings. The van der Waals surface area contributed by atoms with E-state index in [1.165, 1.54) is 11.8 Å². The number of rotatable bonds is 7. The third-order valence-electron chi connectivity index (χ3n) is 4.52. The van der Waals surface area contributed by atoms with Gasteiger partial charge in [-0.2, -0.15) is 0 Å². The van der Waals surface area contributed by atoms with E-state index in [0.717, 1.165) is 0 Å². The quantitative estimate of drug-likeness (QED) is 0.383. The van der Waals surface area contributed by atoms with E-state index in [4.69, 9.17) is 25.8 Å². The third kappa shape index (κ3) is 5.88. The van der Waals surface area contributed by atoms with Crippen molar-refractivity contribution in [1.29, 1.82) is 0 Å². The minimum atomic E-state index is -0.501. The molecule has 0 saturated heterocycles. The van der Waals surface area contributed by atoms with Crippen LogP contribution in [-0.2, 0) is 16.6 Å². The maximum absolute atomic E-state index is 12.1. The summed E-state index contributed by atoms with van der Waals surface area (Å²) >= 11 is 6.97. The molecule has 2 amide bonds. The van der Waals surface area contributed by atoms with E-state index in [-0.39, 0.29) is 12.4 Å². The Labute approximate surface area is 198 Å². The van der Waals surface area contributed by atoms with E-state index in [0.29, 0.717) is 39.9 Å². The summed E-state index contributed by atoms with van der Waals surface area (Å²) in [5, 5.41) is 9.40. The summed E-state index contributed by atoms with van der Waals surface area (Å²) in [6.45, 7) is 0.0482. The van der Waals surface area contributed by atoms with Gasteiger partial charge in [0.25, 0.3) is 5.91 Å². The molecule has 0 spiro atoms. The number of hydrazine groups is 1. The number of hydrogen-bond donors (Lipinski definition) is 2. The molecule has 1 aromatic heterocycles. The number of fused-ring (bicyclic) bond motifs is 1. The van der Waals surface area contributed by atoms with E-state index >= 15 is 0 Å². The van der Waals surface area contributed by atoms with Gasteiger partial charge in [-0.15, -0.1) is 10.2 Å². The summed E-state index contributed by atoms with van der Waals surface area (Å²) < 4.78 is 18.7. The van der Waals surface area contributed by atoms with Crippen LogP contribution in [0.25, 0.3) is 0 Å². The van der Waals surface area contributed by atoms with Gasteiger partial charge in [-0.3, -0.25) is 20.4 Å². The van der Waals surface area contributed by atoms with Crippen molar-refractivity contribution in [2.75, 3.05) is 19.0 Å². The number of hydrogen-bond acceptors (Lipinski definition) is 8. The van der Waals surface area contributed by atoms with E-state index in [1.807, 2.05) is 24.3 Å². The summed E-state index contributed by atoms with van der Waals surface area (Å²) in [5.41, 5.74) is 4.64. The highest BCUT2D eigenvalue weighted by atomic mass is 35.5. The molecule has 2 heterocycles. The predicted molar refractivity (Wildman–Crippen MR) is 120 cm³/mol. The lowest BCUT2D eigenvalue weighted by Gasteiger charge is -2.25. The molecule has 1 aliphatic heterocycles. The topological polar surface area (TPSA) is 117 Å². The van der Waals surface area contributed by atoms with Gasteiger partial charge in [0.2, 0.25) is 5.91 Å². The monoisotopic (exact) mass is 489 g/mol. The van der Waals surface area contributed by atoms with E-state index in [9.17, 15) is 9.59 Å².